The van der Waals surface area contributed by atoms with E-state index in [1.807, 2.05) is 18.2 Å². The Labute approximate surface area is 187 Å². The molecule has 0 bridgehead atoms. The Balaban J connectivity index is 0.00000272. The number of benzene rings is 2. The highest BCUT2D eigenvalue weighted by molar-refractivity contribution is 5.94. The lowest BCUT2D eigenvalue weighted by Crippen LogP contribution is -2.48. The van der Waals surface area contributed by atoms with E-state index in [0.717, 1.165) is 44.2 Å². The summed E-state index contributed by atoms with van der Waals surface area (Å²) in [6, 6.07) is 11.4. The summed E-state index contributed by atoms with van der Waals surface area (Å²) >= 11 is 0. The maximum absolute atomic E-state index is 13.0. The highest BCUT2D eigenvalue weighted by atomic mass is 35.5. The molecular formula is C22H27ClFN3O4. The smallest absolute Gasteiger partial charge is 0.251 e. The molecule has 2 heterocycles. The minimum absolute atomic E-state index is 0. The van der Waals surface area contributed by atoms with Gasteiger partial charge >= 0.3 is 0 Å². The summed E-state index contributed by atoms with van der Waals surface area (Å²) in [6.07, 6.45) is -0.324. The molecule has 2 N–H and O–H groups in total. The molecule has 0 spiro atoms. The molecule has 7 nitrogen and oxygen atoms in total. The van der Waals surface area contributed by atoms with E-state index < -0.39 is 0 Å². The summed E-state index contributed by atoms with van der Waals surface area (Å²) in [6.45, 7) is 4.99. The quantitative estimate of drug-likeness (QED) is 0.699. The number of fused-ring (bicyclic) bond motifs is 1. The lowest BCUT2D eigenvalue weighted by molar-refractivity contribution is 0.0459. The van der Waals surface area contributed by atoms with E-state index in [0.29, 0.717) is 24.5 Å². The van der Waals surface area contributed by atoms with Crippen molar-refractivity contribution in [2.45, 2.75) is 6.10 Å². The molecule has 1 saturated heterocycles. The van der Waals surface area contributed by atoms with Crippen LogP contribution in [0.4, 0.5) is 10.1 Å². The third kappa shape index (κ3) is 5.58. The standard InChI is InChI=1S/C22H26FN3O4.ClH/c23-17-6-4-16(5-7-17)22(28)24-8-9-25-10-12-26(13-11-25)19-2-1-3-20-21(19)29-15-18(14-27)30-20;/h1-7,18,27H,8-15H2,(H,24,28);1H/t18-;/m0./s1. The van der Waals surface area contributed by atoms with Crippen molar-refractivity contribution >= 4 is 24.0 Å². The van der Waals surface area contributed by atoms with E-state index in [4.69, 9.17) is 9.47 Å². The van der Waals surface area contributed by atoms with Gasteiger partial charge in [-0.05, 0) is 36.4 Å². The molecule has 2 aromatic carbocycles. The highest BCUT2D eigenvalue weighted by Crippen LogP contribution is 2.40. The molecule has 9 heteroatoms. The Kier molecular flexibility index (Phi) is 7.95. The van der Waals surface area contributed by atoms with Crippen LogP contribution in [-0.4, -0.2) is 74.5 Å². The van der Waals surface area contributed by atoms with Crippen LogP contribution in [0.25, 0.3) is 0 Å². The van der Waals surface area contributed by atoms with Crippen molar-refractivity contribution in [2.75, 3.05) is 57.4 Å². The maximum Gasteiger partial charge on any atom is 0.251 e. The monoisotopic (exact) mass is 451 g/mol. The van der Waals surface area contributed by atoms with Crippen LogP contribution in [0.15, 0.2) is 42.5 Å². The molecular weight excluding hydrogens is 425 g/mol. The van der Waals surface area contributed by atoms with Gasteiger partial charge in [0.15, 0.2) is 17.6 Å². The van der Waals surface area contributed by atoms with Crippen molar-refractivity contribution in [3.05, 3.63) is 53.8 Å². The van der Waals surface area contributed by atoms with Crippen LogP contribution in [0.5, 0.6) is 11.5 Å². The number of aliphatic hydroxyl groups is 1. The zero-order valence-electron chi connectivity index (χ0n) is 17.1. The van der Waals surface area contributed by atoms with E-state index in [2.05, 4.69) is 15.1 Å². The van der Waals surface area contributed by atoms with Gasteiger partial charge in [0.1, 0.15) is 12.4 Å². The van der Waals surface area contributed by atoms with Crippen LogP contribution in [0, 0.1) is 5.82 Å². The Bertz CT molecular complexity index is 876. The fourth-order valence-corrected chi connectivity index (χ4v) is 3.71. The number of anilines is 1. The molecule has 4 rings (SSSR count). The zero-order chi connectivity index (χ0) is 20.9. The molecule has 0 radical (unpaired) electrons. The van der Waals surface area contributed by atoms with E-state index in [9.17, 15) is 14.3 Å². The number of piperazine rings is 1. The third-order valence-electron chi connectivity index (χ3n) is 5.40. The first-order valence-corrected chi connectivity index (χ1v) is 10.2. The fourth-order valence-electron chi connectivity index (χ4n) is 3.71. The number of halogens is 2. The van der Waals surface area contributed by atoms with Crippen molar-refractivity contribution in [1.29, 1.82) is 0 Å². The second-order valence-corrected chi connectivity index (χ2v) is 7.43. The van der Waals surface area contributed by atoms with Gasteiger partial charge in [-0.25, -0.2) is 4.39 Å². The van der Waals surface area contributed by atoms with E-state index in [1.54, 1.807) is 0 Å². The Morgan fingerprint density at radius 2 is 1.87 bits per heavy atom. The van der Waals surface area contributed by atoms with Crippen LogP contribution in [0.1, 0.15) is 10.4 Å². The first-order chi connectivity index (χ1) is 14.6. The predicted molar refractivity (Wildman–Crippen MR) is 118 cm³/mol. The third-order valence-corrected chi connectivity index (χ3v) is 5.40. The highest BCUT2D eigenvalue weighted by Gasteiger charge is 2.26. The van der Waals surface area contributed by atoms with E-state index in [1.165, 1.54) is 24.3 Å². The van der Waals surface area contributed by atoms with Gasteiger partial charge in [0.05, 0.1) is 12.3 Å². The average molecular weight is 452 g/mol. The number of carbonyl (C=O) groups excluding carboxylic acids is 1. The largest absolute Gasteiger partial charge is 0.484 e. The summed E-state index contributed by atoms with van der Waals surface area (Å²) in [4.78, 5) is 16.7. The SMILES string of the molecule is Cl.O=C(NCCN1CCN(c2cccc3c2OC[C@H](CO)O3)CC1)c1ccc(F)cc1. The molecule has 1 fully saturated rings. The molecule has 2 aliphatic rings. The normalized spacial score (nSPS) is 18.3. The fraction of sp³-hybridized carbons (Fsp3) is 0.409. The van der Waals surface area contributed by atoms with Gasteiger partial charge in [-0.15, -0.1) is 12.4 Å². The molecule has 0 aliphatic carbocycles. The number of ether oxygens (including phenoxy) is 2. The van der Waals surface area contributed by atoms with Crippen LogP contribution in [-0.2, 0) is 0 Å². The number of nitrogens with zero attached hydrogens (tertiary/aromatic N) is 2. The van der Waals surface area contributed by atoms with Gasteiger partial charge in [0.2, 0.25) is 0 Å². The molecule has 31 heavy (non-hydrogen) atoms. The Hall–Kier alpha value is -2.55. The molecule has 2 aromatic rings. The summed E-state index contributed by atoms with van der Waals surface area (Å²) in [5.41, 5.74) is 1.47. The maximum atomic E-state index is 13.0. The number of hydrogen-bond acceptors (Lipinski definition) is 6. The number of hydrogen-bond donors (Lipinski definition) is 2. The Morgan fingerprint density at radius 1 is 1.13 bits per heavy atom. The predicted octanol–water partition coefficient (Wildman–Crippen LogP) is 1.93. The summed E-state index contributed by atoms with van der Waals surface area (Å²) < 4.78 is 24.6. The molecule has 1 atom stereocenters. The Morgan fingerprint density at radius 3 is 2.58 bits per heavy atom. The van der Waals surface area contributed by atoms with Gasteiger partial charge < -0.3 is 24.8 Å². The number of rotatable bonds is 6. The molecule has 0 saturated carbocycles. The second-order valence-electron chi connectivity index (χ2n) is 7.43. The summed E-state index contributed by atoms with van der Waals surface area (Å²) in [5, 5.41) is 12.2. The summed E-state index contributed by atoms with van der Waals surface area (Å²) in [7, 11) is 0. The first kappa shape index (κ1) is 23.1. The molecule has 168 valence electrons. The second kappa shape index (κ2) is 10.7. The van der Waals surface area contributed by atoms with Crippen LogP contribution in [0.2, 0.25) is 0 Å². The average Bonchev–Trinajstić information content (AvgIpc) is 2.79. The minimum Gasteiger partial charge on any atom is -0.484 e. The van der Waals surface area contributed by atoms with Crippen molar-refractivity contribution < 1.29 is 23.8 Å². The first-order valence-electron chi connectivity index (χ1n) is 10.2. The lowest BCUT2D eigenvalue weighted by Gasteiger charge is -2.38. The van der Waals surface area contributed by atoms with Crippen molar-refractivity contribution in [3.63, 3.8) is 0 Å². The zero-order valence-corrected chi connectivity index (χ0v) is 17.9. The van der Waals surface area contributed by atoms with Gasteiger partial charge in [0.25, 0.3) is 5.91 Å². The number of carbonyl (C=O) groups is 1. The van der Waals surface area contributed by atoms with Crippen molar-refractivity contribution in [3.8, 4) is 11.5 Å². The summed E-state index contributed by atoms with van der Waals surface area (Å²) in [5.74, 6) is 0.864. The minimum atomic E-state index is -0.353. The molecule has 0 aromatic heterocycles. The van der Waals surface area contributed by atoms with E-state index >= 15 is 0 Å². The van der Waals surface area contributed by atoms with Gasteiger partial charge in [-0.1, -0.05) is 6.07 Å². The van der Waals surface area contributed by atoms with Gasteiger partial charge in [-0.2, -0.15) is 0 Å². The molecule has 0 unspecified atom stereocenters. The van der Waals surface area contributed by atoms with Crippen LogP contribution < -0.4 is 19.7 Å². The molecule has 2 aliphatic heterocycles. The van der Waals surface area contributed by atoms with Gasteiger partial charge in [0, 0.05) is 44.8 Å². The van der Waals surface area contributed by atoms with Crippen LogP contribution >= 0.6 is 12.4 Å². The number of para-hydroxylation sites is 1. The topological polar surface area (TPSA) is 74.3 Å². The lowest BCUT2D eigenvalue weighted by atomic mass is 10.2. The number of aliphatic hydroxyl groups excluding tert-OH is 1. The van der Waals surface area contributed by atoms with Gasteiger partial charge in [-0.3, -0.25) is 9.69 Å². The van der Waals surface area contributed by atoms with Crippen molar-refractivity contribution in [2.24, 2.45) is 0 Å². The number of nitrogens with one attached hydrogen (secondary N) is 1. The van der Waals surface area contributed by atoms with Crippen molar-refractivity contribution in [1.82, 2.24) is 10.2 Å². The van der Waals surface area contributed by atoms with Crippen LogP contribution in [0.3, 0.4) is 0 Å². The molecule has 1 amide bonds. The van der Waals surface area contributed by atoms with E-state index in [-0.39, 0.29) is 36.8 Å². The number of amides is 1.